The molecule has 6 heteroatoms. The molecule has 1 aromatic heterocycles. The molecule has 0 aromatic carbocycles. The number of sulfone groups is 1. The monoisotopic (exact) mass is 323 g/mol. The van der Waals surface area contributed by atoms with Crippen LogP contribution >= 0.6 is 22.9 Å². The van der Waals surface area contributed by atoms with Gasteiger partial charge >= 0.3 is 0 Å². The van der Waals surface area contributed by atoms with Crippen molar-refractivity contribution in [2.45, 2.75) is 39.2 Å². The van der Waals surface area contributed by atoms with Crippen LogP contribution < -0.4 is 5.32 Å². The minimum atomic E-state index is -2.88. The molecule has 1 N–H and O–H groups in total. The second kappa shape index (κ2) is 7.62. The highest BCUT2D eigenvalue weighted by atomic mass is 35.5. The Morgan fingerprint density at radius 3 is 2.63 bits per heavy atom. The zero-order valence-electron chi connectivity index (χ0n) is 11.7. The van der Waals surface area contributed by atoms with E-state index in [0.29, 0.717) is 6.42 Å². The van der Waals surface area contributed by atoms with Gasteiger partial charge in [0.1, 0.15) is 9.84 Å². The highest BCUT2D eigenvalue weighted by Gasteiger charge is 2.18. The van der Waals surface area contributed by atoms with Gasteiger partial charge in [0.25, 0.3) is 0 Å². The van der Waals surface area contributed by atoms with E-state index in [1.54, 1.807) is 11.3 Å². The molecule has 0 bridgehead atoms. The summed E-state index contributed by atoms with van der Waals surface area (Å²) in [5.41, 5.74) is 1.09. The lowest BCUT2D eigenvalue weighted by molar-refractivity contribution is 0.499. The summed E-state index contributed by atoms with van der Waals surface area (Å²) < 4.78 is 22.4. The fourth-order valence-electron chi connectivity index (χ4n) is 1.88. The van der Waals surface area contributed by atoms with Crippen LogP contribution in [-0.2, 0) is 9.84 Å². The number of hydrogen-bond acceptors (Lipinski definition) is 4. The summed E-state index contributed by atoms with van der Waals surface area (Å²) in [6.07, 6.45) is 3.79. The van der Waals surface area contributed by atoms with Gasteiger partial charge in [-0.2, -0.15) is 0 Å². The Balaban J connectivity index is 2.69. The molecule has 0 aliphatic rings. The van der Waals surface area contributed by atoms with Crippen LogP contribution in [0.2, 0.25) is 5.02 Å². The van der Waals surface area contributed by atoms with E-state index in [1.807, 2.05) is 6.92 Å². The Hall–Kier alpha value is -0.100. The minimum Gasteiger partial charge on any atom is -0.309 e. The van der Waals surface area contributed by atoms with Crippen molar-refractivity contribution >= 4 is 32.8 Å². The van der Waals surface area contributed by atoms with Crippen molar-refractivity contribution in [1.29, 1.82) is 0 Å². The van der Waals surface area contributed by atoms with Crippen molar-refractivity contribution in [3.8, 4) is 0 Å². The summed E-state index contributed by atoms with van der Waals surface area (Å²) in [5, 5.41) is 6.33. The van der Waals surface area contributed by atoms with E-state index in [9.17, 15) is 8.42 Å². The molecule has 0 aliphatic carbocycles. The van der Waals surface area contributed by atoms with E-state index in [0.717, 1.165) is 34.8 Å². The van der Waals surface area contributed by atoms with Crippen LogP contribution in [0.4, 0.5) is 0 Å². The number of hydrogen-bond donors (Lipinski definition) is 1. The van der Waals surface area contributed by atoms with E-state index >= 15 is 0 Å². The minimum absolute atomic E-state index is 0.160. The van der Waals surface area contributed by atoms with Crippen LogP contribution in [0.5, 0.6) is 0 Å². The maximum absolute atomic E-state index is 11.2. The number of thiophene rings is 1. The molecular weight excluding hydrogens is 302 g/mol. The molecule has 3 nitrogen and oxygen atoms in total. The van der Waals surface area contributed by atoms with Crippen molar-refractivity contribution in [2.24, 2.45) is 0 Å². The molecule has 1 unspecified atom stereocenters. The largest absolute Gasteiger partial charge is 0.309 e. The lowest BCUT2D eigenvalue weighted by atomic mass is 10.1. The summed E-state index contributed by atoms with van der Waals surface area (Å²) in [7, 11) is -2.88. The van der Waals surface area contributed by atoms with Crippen LogP contribution in [0, 0.1) is 6.92 Å². The third-order valence-corrected chi connectivity index (χ3v) is 5.75. The Morgan fingerprint density at radius 2 is 2.16 bits per heavy atom. The van der Waals surface area contributed by atoms with Gasteiger partial charge in [0, 0.05) is 22.9 Å². The third-order valence-electron chi connectivity index (χ3n) is 2.89. The molecule has 0 fully saturated rings. The van der Waals surface area contributed by atoms with Gasteiger partial charge in [-0.05, 0) is 43.7 Å². The van der Waals surface area contributed by atoms with Crippen molar-refractivity contribution in [3.63, 3.8) is 0 Å². The highest BCUT2D eigenvalue weighted by molar-refractivity contribution is 7.90. The maximum Gasteiger partial charge on any atom is 0.147 e. The molecule has 1 aromatic rings. The smallest absolute Gasteiger partial charge is 0.147 e. The molecule has 0 spiro atoms. The normalized spacial score (nSPS) is 13.7. The van der Waals surface area contributed by atoms with Gasteiger partial charge in [-0.1, -0.05) is 18.5 Å². The molecule has 0 aliphatic heterocycles. The standard InChI is InChI=1S/C13H22ClNO2S2/c1-4-7-15-11(6-5-8-19(3,16)17)13-12(14)10(2)9-18-13/h9,11,15H,4-8H2,1-3H3. The SMILES string of the molecule is CCCNC(CCCS(C)(=O)=O)c1scc(C)c1Cl. The van der Waals surface area contributed by atoms with E-state index < -0.39 is 9.84 Å². The Bertz CT molecular complexity index is 497. The van der Waals surface area contributed by atoms with E-state index in [-0.39, 0.29) is 11.8 Å². The van der Waals surface area contributed by atoms with Crippen molar-refractivity contribution in [1.82, 2.24) is 5.32 Å². The third kappa shape index (κ3) is 5.81. The van der Waals surface area contributed by atoms with Gasteiger partial charge in [0.15, 0.2) is 0 Å². The molecule has 1 rings (SSSR count). The summed E-state index contributed by atoms with van der Waals surface area (Å²) in [6, 6.07) is 0.160. The lowest BCUT2D eigenvalue weighted by Gasteiger charge is -2.17. The summed E-state index contributed by atoms with van der Waals surface area (Å²) in [5.74, 6) is 0.235. The van der Waals surface area contributed by atoms with Gasteiger partial charge in [0.05, 0.1) is 5.02 Å². The molecular formula is C13H22ClNO2S2. The molecule has 110 valence electrons. The zero-order chi connectivity index (χ0) is 14.5. The highest BCUT2D eigenvalue weighted by Crippen LogP contribution is 2.34. The first-order chi connectivity index (χ1) is 8.85. The number of nitrogens with one attached hydrogen (secondary N) is 1. The zero-order valence-corrected chi connectivity index (χ0v) is 14.1. The quantitative estimate of drug-likeness (QED) is 0.795. The molecule has 1 atom stereocenters. The van der Waals surface area contributed by atoms with Crippen molar-refractivity contribution in [2.75, 3.05) is 18.6 Å². The maximum atomic E-state index is 11.2. The first-order valence-corrected chi connectivity index (χ1v) is 9.81. The fraction of sp³-hybridized carbons (Fsp3) is 0.692. The Morgan fingerprint density at radius 1 is 1.47 bits per heavy atom. The number of halogens is 1. The number of rotatable bonds is 8. The molecule has 1 heterocycles. The topological polar surface area (TPSA) is 46.2 Å². The molecule has 0 saturated carbocycles. The van der Waals surface area contributed by atoms with Crippen LogP contribution in [-0.4, -0.2) is 27.0 Å². The van der Waals surface area contributed by atoms with E-state index in [1.165, 1.54) is 6.26 Å². The average Bonchev–Trinajstić information content (AvgIpc) is 2.63. The van der Waals surface area contributed by atoms with Crippen LogP contribution in [0.1, 0.15) is 42.7 Å². The number of aryl methyl sites for hydroxylation is 1. The van der Waals surface area contributed by atoms with Crippen LogP contribution in [0.3, 0.4) is 0 Å². The first-order valence-electron chi connectivity index (χ1n) is 6.49. The second-order valence-electron chi connectivity index (χ2n) is 4.88. The fourth-order valence-corrected chi connectivity index (χ4v) is 4.01. The summed E-state index contributed by atoms with van der Waals surface area (Å²) in [6.45, 7) is 5.02. The molecule has 19 heavy (non-hydrogen) atoms. The van der Waals surface area contributed by atoms with Gasteiger partial charge in [-0.3, -0.25) is 0 Å². The van der Waals surface area contributed by atoms with Gasteiger partial charge in [0.2, 0.25) is 0 Å². The molecule has 0 amide bonds. The summed E-state index contributed by atoms with van der Waals surface area (Å²) >= 11 is 7.95. The van der Waals surface area contributed by atoms with E-state index in [2.05, 4.69) is 17.6 Å². The van der Waals surface area contributed by atoms with Gasteiger partial charge in [-0.25, -0.2) is 8.42 Å². The van der Waals surface area contributed by atoms with Gasteiger partial charge < -0.3 is 5.32 Å². The Labute approximate surface area is 125 Å². The molecule has 0 saturated heterocycles. The molecule has 0 radical (unpaired) electrons. The first kappa shape index (κ1) is 17.0. The van der Waals surface area contributed by atoms with Crippen molar-refractivity contribution in [3.05, 3.63) is 20.8 Å². The predicted octanol–water partition coefficient (Wildman–Crippen LogP) is 3.58. The van der Waals surface area contributed by atoms with Crippen LogP contribution in [0.15, 0.2) is 5.38 Å². The Kier molecular flexibility index (Phi) is 6.80. The predicted molar refractivity (Wildman–Crippen MR) is 84.0 cm³/mol. The second-order valence-corrected chi connectivity index (χ2v) is 8.42. The average molecular weight is 324 g/mol. The van der Waals surface area contributed by atoms with Crippen molar-refractivity contribution < 1.29 is 8.42 Å². The summed E-state index contributed by atoms with van der Waals surface area (Å²) in [4.78, 5) is 1.13. The van der Waals surface area contributed by atoms with Crippen LogP contribution in [0.25, 0.3) is 0 Å². The lowest BCUT2D eigenvalue weighted by Crippen LogP contribution is -2.22. The van der Waals surface area contributed by atoms with Gasteiger partial charge in [-0.15, -0.1) is 11.3 Å². The van der Waals surface area contributed by atoms with E-state index in [4.69, 9.17) is 11.6 Å².